The standard InChI is InChI=1S/C25H43/c1-5-9-13-17-23-20-22(16-12-8-4)21-24(18-14-10-6-2)25(23)19-15-11-7-3/h20-21H,4-19H2,1-3H3. The van der Waals surface area contributed by atoms with E-state index in [0.717, 1.165) is 6.42 Å². The summed E-state index contributed by atoms with van der Waals surface area (Å²) in [6.07, 6.45) is 19.5. The van der Waals surface area contributed by atoms with Crippen LogP contribution in [-0.4, -0.2) is 0 Å². The van der Waals surface area contributed by atoms with Gasteiger partial charge < -0.3 is 0 Å². The van der Waals surface area contributed by atoms with Gasteiger partial charge in [-0.1, -0.05) is 84.8 Å². The molecule has 25 heavy (non-hydrogen) atoms. The summed E-state index contributed by atoms with van der Waals surface area (Å²) in [7, 11) is 0. The quantitative estimate of drug-likeness (QED) is 0.283. The fraction of sp³-hybridized carbons (Fsp3) is 0.720. The highest BCUT2D eigenvalue weighted by Gasteiger charge is 2.11. The van der Waals surface area contributed by atoms with Crippen molar-refractivity contribution in [3.63, 3.8) is 0 Å². The lowest BCUT2D eigenvalue weighted by molar-refractivity contribution is 0.676. The molecule has 0 aliphatic heterocycles. The van der Waals surface area contributed by atoms with Crippen molar-refractivity contribution < 1.29 is 0 Å². The summed E-state index contributed by atoms with van der Waals surface area (Å²) in [6.45, 7) is 11.0. The number of rotatable bonds is 15. The number of benzene rings is 1. The van der Waals surface area contributed by atoms with Crippen LogP contribution in [0.25, 0.3) is 0 Å². The molecule has 1 aromatic rings. The molecule has 1 radical (unpaired) electrons. The van der Waals surface area contributed by atoms with Gasteiger partial charge in [0.05, 0.1) is 0 Å². The van der Waals surface area contributed by atoms with Crippen LogP contribution in [0.3, 0.4) is 0 Å². The van der Waals surface area contributed by atoms with E-state index in [9.17, 15) is 0 Å². The monoisotopic (exact) mass is 343 g/mol. The van der Waals surface area contributed by atoms with E-state index < -0.39 is 0 Å². The Morgan fingerprint density at radius 3 is 1.52 bits per heavy atom. The first-order chi connectivity index (χ1) is 12.3. The molecular formula is C25H43. The Bertz CT molecular complexity index is 412. The first-order valence-corrected chi connectivity index (χ1v) is 11.2. The average molecular weight is 344 g/mol. The summed E-state index contributed by atoms with van der Waals surface area (Å²) in [5.41, 5.74) is 6.65. The topological polar surface area (TPSA) is 0 Å². The largest absolute Gasteiger partial charge is 0.0654 e. The molecule has 1 rings (SSSR count). The van der Waals surface area contributed by atoms with Gasteiger partial charge in [-0.05, 0) is 73.6 Å². The van der Waals surface area contributed by atoms with Gasteiger partial charge in [0, 0.05) is 0 Å². The highest BCUT2D eigenvalue weighted by atomic mass is 14.2. The molecule has 0 atom stereocenters. The Hall–Kier alpha value is -0.780. The van der Waals surface area contributed by atoms with Gasteiger partial charge in [0.2, 0.25) is 0 Å². The first kappa shape index (κ1) is 22.3. The van der Waals surface area contributed by atoms with Crippen LogP contribution < -0.4 is 0 Å². The Labute approximate surface area is 158 Å². The van der Waals surface area contributed by atoms with E-state index in [4.69, 9.17) is 0 Å². The van der Waals surface area contributed by atoms with E-state index in [0.29, 0.717) is 0 Å². The van der Waals surface area contributed by atoms with Crippen molar-refractivity contribution in [3.05, 3.63) is 41.3 Å². The molecule has 143 valence electrons. The first-order valence-electron chi connectivity index (χ1n) is 11.2. The van der Waals surface area contributed by atoms with E-state index in [-0.39, 0.29) is 0 Å². The smallest absolute Gasteiger partial charge is 0.0273 e. The molecule has 0 heterocycles. The molecule has 0 heteroatoms. The van der Waals surface area contributed by atoms with E-state index in [1.807, 2.05) is 0 Å². The minimum Gasteiger partial charge on any atom is -0.0654 e. The molecule has 0 nitrogen and oxygen atoms in total. The van der Waals surface area contributed by atoms with Gasteiger partial charge >= 0.3 is 0 Å². The molecule has 1 aromatic carbocycles. The Morgan fingerprint density at radius 1 is 0.600 bits per heavy atom. The lowest BCUT2D eigenvalue weighted by Gasteiger charge is -2.18. The SMILES string of the molecule is [CH2]CCCc1cc(CCCCC)c(CCCCC)c(CCCCC)c1. The lowest BCUT2D eigenvalue weighted by atomic mass is 9.87. The Kier molecular flexibility index (Phi) is 12.8. The van der Waals surface area contributed by atoms with Crippen molar-refractivity contribution in [2.45, 2.75) is 117 Å². The zero-order valence-corrected chi connectivity index (χ0v) is 17.5. The zero-order valence-electron chi connectivity index (χ0n) is 17.5. The molecule has 0 saturated carbocycles. The van der Waals surface area contributed by atoms with E-state index in [1.165, 1.54) is 89.9 Å². The highest BCUT2D eigenvalue weighted by molar-refractivity contribution is 5.40. The second-order valence-electron chi connectivity index (χ2n) is 7.72. The molecule has 0 unspecified atom stereocenters. The van der Waals surface area contributed by atoms with Gasteiger partial charge in [-0.25, -0.2) is 0 Å². The molecule has 0 saturated heterocycles. The van der Waals surface area contributed by atoms with Crippen LogP contribution >= 0.6 is 0 Å². The predicted octanol–water partition coefficient (Wildman–Crippen LogP) is 8.04. The summed E-state index contributed by atoms with van der Waals surface area (Å²) >= 11 is 0. The normalized spacial score (nSPS) is 11.2. The minimum absolute atomic E-state index is 1.05. The molecule has 0 amide bonds. The third-order valence-electron chi connectivity index (χ3n) is 5.34. The van der Waals surface area contributed by atoms with Gasteiger partial charge in [0.25, 0.3) is 0 Å². The van der Waals surface area contributed by atoms with Crippen LogP contribution in [0.4, 0.5) is 0 Å². The number of hydrogen-bond donors (Lipinski definition) is 0. The van der Waals surface area contributed by atoms with Crippen LogP contribution in [-0.2, 0) is 25.7 Å². The maximum absolute atomic E-state index is 4.03. The van der Waals surface area contributed by atoms with Crippen molar-refractivity contribution in [2.24, 2.45) is 0 Å². The van der Waals surface area contributed by atoms with Gasteiger partial charge in [-0.2, -0.15) is 0 Å². The van der Waals surface area contributed by atoms with E-state index in [2.05, 4.69) is 39.8 Å². The van der Waals surface area contributed by atoms with Crippen molar-refractivity contribution >= 4 is 0 Å². The summed E-state index contributed by atoms with van der Waals surface area (Å²) in [5, 5.41) is 0. The molecule has 0 fully saturated rings. The Balaban J connectivity index is 3.02. The van der Waals surface area contributed by atoms with Crippen molar-refractivity contribution in [3.8, 4) is 0 Å². The van der Waals surface area contributed by atoms with Crippen LogP contribution in [0.2, 0.25) is 0 Å². The molecule has 0 aromatic heterocycles. The third kappa shape index (κ3) is 8.93. The van der Waals surface area contributed by atoms with Crippen LogP contribution in [0.15, 0.2) is 12.1 Å². The van der Waals surface area contributed by atoms with Crippen molar-refractivity contribution in [1.29, 1.82) is 0 Å². The number of hydrogen-bond acceptors (Lipinski definition) is 0. The van der Waals surface area contributed by atoms with Crippen molar-refractivity contribution in [2.75, 3.05) is 0 Å². The fourth-order valence-electron chi connectivity index (χ4n) is 3.79. The summed E-state index contributed by atoms with van der Waals surface area (Å²) in [6, 6.07) is 5.10. The second-order valence-corrected chi connectivity index (χ2v) is 7.72. The van der Waals surface area contributed by atoms with E-state index >= 15 is 0 Å². The summed E-state index contributed by atoms with van der Waals surface area (Å²) in [4.78, 5) is 0. The highest BCUT2D eigenvalue weighted by Crippen LogP contribution is 2.25. The molecule has 0 N–H and O–H groups in total. The Morgan fingerprint density at radius 2 is 1.08 bits per heavy atom. The maximum atomic E-state index is 4.03. The zero-order chi connectivity index (χ0) is 18.3. The molecule has 0 aliphatic carbocycles. The lowest BCUT2D eigenvalue weighted by Crippen LogP contribution is -2.04. The predicted molar refractivity (Wildman–Crippen MR) is 114 cm³/mol. The molecule has 0 bridgehead atoms. The van der Waals surface area contributed by atoms with Gasteiger partial charge in [0.1, 0.15) is 0 Å². The van der Waals surface area contributed by atoms with Crippen LogP contribution in [0, 0.1) is 6.92 Å². The van der Waals surface area contributed by atoms with Gasteiger partial charge in [-0.3, -0.25) is 0 Å². The van der Waals surface area contributed by atoms with E-state index in [1.54, 1.807) is 22.3 Å². The van der Waals surface area contributed by atoms with Crippen molar-refractivity contribution in [1.82, 2.24) is 0 Å². The van der Waals surface area contributed by atoms with Gasteiger partial charge in [0.15, 0.2) is 0 Å². The van der Waals surface area contributed by atoms with Crippen LogP contribution in [0.1, 0.15) is 114 Å². The molecular weight excluding hydrogens is 300 g/mol. The molecule has 0 aliphatic rings. The maximum Gasteiger partial charge on any atom is -0.0273 e. The minimum atomic E-state index is 1.05. The molecule has 0 spiro atoms. The summed E-state index contributed by atoms with van der Waals surface area (Å²) < 4.78 is 0. The number of aryl methyl sites for hydroxylation is 3. The van der Waals surface area contributed by atoms with Crippen LogP contribution in [0.5, 0.6) is 0 Å². The number of unbranched alkanes of at least 4 members (excludes halogenated alkanes) is 7. The third-order valence-corrected chi connectivity index (χ3v) is 5.34. The average Bonchev–Trinajstić information content (AvgIpc) is 2.62. The second kappa shape index (κ2) is 14.4. The summed E-state index contributed by atoms with van der Waals surface area (Å²) in [5.74, 6) is 0. The fourth-order valence-corrected chi connectivity index (χ4v) is 3.79. The van der Waals surface area contributed by atoms with Gasteiger partial charge in [-0.15, -0.1) is 0 Å².